The predicted molar refractivity (Wildman–Crippen MR) is 129 cm³/mol. The Kier molecular flexibility index (Phi) is 7.03. The van der Waals surface area contributed by atoms with Gasteiger partial charge in [0.1, 0.15) is 24.1 Å². The van der Waals surface area contributed by atoms with E-state index in [4.69, 9.17) is 0 Å². The molecular weight excluding hydrogens is 465 g/mol. The molecule has 1 aliphatic rings. The summed E-state index contributed by atoms with van der Waals surface area (Å²) in [6.07, 6.45) is 1.07. The molecule has 3 N–H and O–H groups in total. The molecule has 13 heteroatoms. The van der Waals surface area contributed by atoms with Crippen LogP contribution in [0.3, 0.4) is 0 Å². The number of aromatic amines is 1. The predicted octanol–water partition coefficient (Wildman–Crippen LogP) is 3.05. The molecule has 4 heterocycles. The zero-order chi connectivity index (χ0) is 25.0. The molecule has 3 aromatic heterocycles. The number of fused-ring (bicyclic) bond motifs is 1. The fourth-order valence-electron chi connectivity index (χ4n) is 3.89. The third-order valence-electron chi connectivity index (χ3n) is 5.59. The first-order chi connectivity index (χ1) is 16.8. The molecule has 1 fully saturated rings. The van der Waals surface area contributed by atoms with Crippen LogP contribution in [0.2, 0.25) is 0 Å². The minimum Gasteiger partial charge on any atom is -0.345 e. The lowest BCUT2D eigenvalue weighted by atomic mass is 10.1. The van der Waals surface area contributed by atoms with E-state index in [9.17, 15) is 22.8 Å². The molecule has 1 saturated heterocycles. The van der Waals surface area contributed by atoms with Crippen molar-refractivity contribution in [3.63, 3.8) is 0 Å². The fourth-order valence-corrected chi connectivity index (χ4v) is 3.89. The number of carbonyl (C=O) groups excluding carboxylic acids is 2. The van der Waals surface area contributed by atoms with Crippen LogP contribution in [-0.2, 0) is 4.79 Å². The smallest absolute Gasteiger partial charge is 0.345 e. The number of amides is 3. The number of halogens is 3. The van der Waals surface area contributed by atoms with Gasteiger partial charge in [-0.25, -0.2) is 19.7 Å². The summed E-state index contributed by atoms with van der Waals surface area (Å²) in [5, 5.41) is 5.49. The van der Waals surface area contributed by atoms with Crippen molar-refractivity contribution in [3.05, 3.63) is 36.8 Å². The van der Waals surface area contributed by atoms with Gasteiger partial charge in [-0.15, -0.1) is 0 Å². The molecule has 0 spiro atoms. The SMILES string of the molecule is CCCNC(=O)N1CCN(c2ccnc(-c3c[nH]c4ncccc34)n2)[C@@H](C(=O)NCC(F)(F)F)C1.[HH].[HH].[HH]. The standard InChI is InChI=1S/C22H25F3N8O2.3H2/c1-2-6-28-21(35)32-9-10-33(16(12-32)20(34)30-13-22(23,24)25)17-5-8-27-19(31-17)15-11-29-18-14(15)4-3-7-26-18;;;/h3-5,7-8,11,16H,2,6,9-10,12-13H2,1H3,(H,26,29)(H,28,35)(H,30,34);3*1H/t16-;;;/m1.../s1. The van der Waals surface area contributed by atoms with Gasteiger partial charge in [0.2, 0.25) is 5.91 Å². The lowest BCUT2D eigenvalue weighted by molar-refractivity contribution is -0.139. The van der Waals surface area contributed by atoms with Crippen molar-refractivity contribution < 1.29 is 27.0 Å². The molecule has 0 saturated carbocycles. The highest BCUT2D eigenvalue weighted by atomic mass is 19.4. The van der Waals surface area contributed by atoms with Crippen molar-refractivity contribution in [2.75, 3.05) is 37.6 Å². The maximum atomic E-state index is 12.8. The van der Waals surface area contributed by atoms with E-state index in [1.54, 1.807) is 29.4 Å². The third kappa shape index (κ3) is 5.61. The van der Waals surface area contributed by atoms with Crippen molar-refractivity contribution in [2.24, 2.45) is 0 Å². The number of urea groups is 1. The maximum absolute atomic E-state index is 12.8. The van der Waals surface area contributed by atoms with Gasteiger partial charge >= 0.3 is 12.2 Å². The Hall–Kier alpha value is -3.90. The van der Waals surface area contributed by atoms with Crippen LogP contribution in [-0.4, -0.2) is 81.7 Å². The van der Waals surface area contributed by atoms with E-state index in [0.717, 1.165) is 11.8 Å². The highest BCUT2D eigenvalue weighted by molar-refractivity contribution is 5.92. The van der Waals surface area contributed by atoms with Gasteiger partial charge in [-0.2, -0.15) is 13.2 Å². The molecule has 0 unspecified atom stereocenters. The van der Waals surface area contributed by atoms with Crippen LogP contribution in [0, 0.1) is 0 Å². The zero-order valence-electron chi connectivity index (χ0n) is 19.0. The summed E-state index contributed by atoms with van der Waals surface area (Å²) in [6.45, 7) is 1.29. The summed E-state index contributed by atoms with van der Waals surface area (Å²) in [5.74, 6) is -0.0971. The summed E-state index contributed by atoms with van der Waals surface area (Å²) >= 11 is 0. The van der Waals surface area contributed by atoms with Crippen molar-refractivity contribution in [2.45, 2.75) is 25.6 Å². The Morgan fingerprint density at radius 1 is 1.20 bits per heavy atom. The van der Waals surface area contributed by atoms with Gasteiger partial charge in [-0.3, -0.25) is 4.79 Å². The zero-order valence-corrected chi connectivity index (χ0v) is 19.0. The number of H-pyrrole nitrogens is 1. The first kappa shape index (κ1) is 24.2. The van der Waals surface area contributed by atoms with Crippen LogP contribution < -0.4 is 15.5 Å². The van der Waals surface area contributed by atoms with Crippen LogP contribution in [0.1, 0.15) is 17.6 Å². The normalized spacial score (nSPS) is 16.4. The third-order valence-corrected chi connectivity index (χ3v) is 5.59. The Balaban J connectivity index is 0.00000241. The van der Waals surface area contributed by atoms with Crippen molar-refractivity contribution in [3.8, 4) is 11.4 Å². The Morgan fingerprint density at radius 2 is 2.03 bits per heavy atom. The summed E-state index contributed by atoms with van der Waals surface area (Å²) in [4.78, 5) is 44.6. The highest BCUT2D eigenvalue weighted by Gasteiger charge is 2.37. The average molecular weight is 497 g/mol. The summed E-state index contributed by atoms with van der Waals surface area (Å²) in [5.41, 5.74) is 1.36. The maximum Gasteiger partial charge on any atom is 0.405 e. The molecule has 10 nitrogen and oxygen atoms in total. The van der Waals surface area contributed by atoms with Crippen molar-refractivity contribution in [1.82, 2.24) is 35.5 Å². The molecule has 1 atom stereocenters. The molecule has 1 aliphatic heterocycles. The second-order valence-corrected chi connectivity index (χ2v) is 8.06. The quantitative estimate of drug-likeness (QED) is 0.483. The fraction of sp³-hybridized carbons (Fsp3) is 0.409. The second kappa shape index (κ2) is 10.2. The molecule has 35 heavy (non-hydrogen) atoms. The molecule has 0 bridgehead atoms. The van der Waals surface area contributed by atoms with Crippen LogP contribution in [0.5, 0.6) is 0 Å². The minimum absolute atomic E-state index is 0. The summed E-state index contributed by atoms with van der Waals surface area (Å²) < 4.78 is 38.3. The Bertz CT molecular complexity index is 1210. The molecular formula is C22H31F3N8O2. The van der Waals surface area contributed by atoms with E-state index in [1.165, 1.54) is 11.1 Å². The Labute approximate surface area is 203 Å². The minimum atomic E-state index is -4.56. The van der Waals surface area contributed by atoms with Gasteiger partial charge in [0.05, 0.1) is 6.54 Å². The van der Waals surface area contributed by atoms with Gasteiger partial charge in [0, 0.05) is 53.5 Å². The lowest BCUT2D eigenvalue weighted by Crippen LogP contribution is -2.62. The molecule has 0 radical (unpaired) electrons. The molecule has 0 aromatic carbocycles. The molecule has 4 rings (SSSR count). The number of nitrogens with one attached hydrogen (secondary N) is 3. The number of carbonyl (C=O) groups is 2. The van der Waals surface area contributed by atoms with E-state index in [-0.39, 0.29) is 29.9 Å². The number of piperazine rings is 1. The molecule has 3 amide bonds. The topological polar surface area (TPSA) is 119 Å². The summed E-state index contributed by atoms with van der Waals surface area (Å²) in [6, 6.07) is 3.81. The number of pyridine rings is 1. The van der Waals surface area contributed by atoms with E-state index in [1.807, 2.05) is 18.3 Å². The molecule has 0 aliphatic carbocycles. The largest absolute Gasteiger partial charge is 0.405 e. The van der Waals surface area contributed by atoms with Crippen molar-refractivity contribution >= 4 is 28.8 Å². The van der Waals surface area contributed by atoms with Crippen LogP contribution in [0.25, 0.3) is 22.4 Å². The summed E-state index contributed by atoms with van der Waals surface area (Å²) in [7, 11) is 0. The Morgan fingerprint density at radius 3 is 2.80 bits per heavy atom. The van der Waals surface area contributed by atoms with Gasteiger partial charge < -0.3 is 25.4 Å². The monoisotopic (exact) mass is 496 g/mol. The van der Waals surface area contributed by atoms with Gasteiger partial charge in [0.15, 0.2) is 5.82 Å². The van der Waals surface area contributed by atoms with Crippen LogP contribution in [0.4, 0.5) is 23.8 Å². The molecule has 192 valence electrons. The van der Waals surface area contributed by atoms with E-state index >= 15 is 0 Å². The van der Waals surface area contributed by atoms with E-state index in [2.05, 4.69) is 25.3 Å². The van der Waals surface area contributed by atoms with Gasteiger partial charge in [-0.1, -0.05) is 6.92 Å². The number of nitrogens with zero attached hydrogens (tertiary/aromatic N) is 5. The second-order valence-electron chi connectivity index (χ2n) is 8.06. The first-order valence-electron chi connectivity index (χ1n) is 11.2. The number of hydrogen-bond donors (Lipinski definition) is 3. The lowest BCUT2D eigenvalue weighted by Gasteiger charge is -2.41. The van der Waals surface area contributed by atoms with E-state index in [0.29, 0.717) is 29.4 Å². The average Bonchev–Trinajstić information content (AvgIpc) is 3.29. The molecule has 3 aromatic rings. The van der Waals surface area contributed by atoms with Gasteiger partial charge in [0.25, 0.3) is 0 Å². The number of anilines is 1. The van der Waals surface area contributed by atoms with E-state index < -0.39 is 24.7 Å². The number of aromatic nitrogens is 4. The number of hydrogen-bond acceptors (Lipinski definition) is 6. The highest BCUT2D eigenvalue weighted by Crippen LogP contribution is 2.27. The first-order valence-corrected chi connectivity index (χ1v) is 11.2. The number of rotatable bonds is 6. The van der Waals surface area contributed by atoms with Gasteiger partial charge in [-0.05, 0) is 24.6 Å². The van der Waals surface area contributed by atoms with Crippen LogP contribution >= 0.6 is 0 Å². The van der Waals surface area contributed by atoms with Crippen molar-refractivity contribution in [1.29, 1.82) is 0 Å². The van der Waals surface area contributed by atoms with Crippen LogP contribution in [0.15, 0.2) is 36.8 Å². The number of alkyl halides is 3.